The van der Waals surface area contributed by atoms with E-state index in [2.05, 4.69) is 0 Å². The van der Waals surface area contributed by atoms with E-state index < -0.39 is 21.9 Å². The molecule has 31 heavy (non-hydrogen) atoms. The van der Waals surface area contributed by atoms with Gasteiger partial charge < -0.3 is 9.84 Å². The van der Waals surface area contributed by atoms with Crippen LogP contribution in [0.25, 0.3) is 10.8 Å². The Bertz CT molecular complexity index is 1150. The van der Waals surface area contributed by atoms with Crippen LogP contribution in [0.3, 0.4) is 0 Å². The highest BCUT2D eigenvalue weighted by atomic mass is 32.2. The lowest BCUT2D eigenvalue weighted by atomic mass is 10.1. The standard InChI is InChI=1S/C23H25FN2O4S/c24-20-6-3-7-23(15-20)31(28,29)26-12-10-25(11-13-26)16-21(27)17-30-22-9-8-18-4-1-2-5-19(18)14-22/h1-9,14-15,21,27H,10-13,16-17H2. The van der Waals surface area contributed by atoms with Crippen molar-refractivity contribution in [1.29, 1.82) is 0 Å². The van der Waals surface area contributed by atoms with E-state index in [0.717, 1.165) is 16.8 Å². The molecule has 1 fully saturated rings. The van der Waals surface area contributed by atoms with Crippen molar-refractivity contribution in [3.8, 4) is 5.75 Å². The van der Waals surface area contributed by atoms with E-state index >= 15 is 0 Å². The molecule has 0 saturated carbocycles. The number of ether oxygens (including phenoxy) is 1. The first-order valence-corrected chi connectivity index (χ1v) is 11.6. The topological polar surface area (TPSA) is 70.1 Å². The molecule has 8 heteroatoms. The Kier molecular flexibility index (Phi) is 6.52. The van der Waals surface area contributed by atoms with Crippen molar-refractivity contribution in [1.82, 2.24) is 9.21 Å². The van der Waals surface area contributed by atoms with Crippen LogP contribution in [-0.2, 0) is 10.0 Å². The van der Waals surface area contributed by atoms with Crippen molar-refractivity contribution in [2.75, 3.05) is 39.3 Å². The minimum atomic E-state index is -3.72. The summed E-state index contributed by atoms with van der Waals surface area (Å²) < 4.78 is 45.9. The van der Waals surface area contributed by atoms with E-state index in [-0.39, 0.29) is 24.6 Å². The highest BCUT2D eigenvalue weighted by molar-refractivity contribution is 7.89. The zero-order chi connectivity index (χ0) is 21.8. The van der Waals surface area contributed by atoms with Crippen LogP contribution >= 0.6 is 0 Å². The molecule has 3 aromatic carbocycles. The summed E-state index contributed by atoms with van der Waals surface area (Å²) in [7, 11) is -3.72. The first kappa shape index (κ1) is 21.7. The second-order valence-corrected chi connectivity index (χ2v) is 9.57. The second kappa shape index (κ2) is 9.32. The summed E-state index contributed by atoms with van der Waals surface area (Å²) in [6, 6.07) is 18.8. The number of rotatable bonds is 7. The lowest BCUT2D eigenvalue weighted by Crippen LogP contribution is -2.50. The molecular formula is C23H25FN2O4S. The number of hydrogen-bond donors (Lipinski definition) is 1. The maximum Gasteiger partial charge on any atom is 0.243 e. The highest BCUT2D eigenvalue weighted by Gasteiger charge is 2.29. The fourth-order valence-electron chi connectivity index (χ4n) is 3.73. The minimum Gasteiger partial charge on any atom is -0.491 e. The highest BCUT2D eigenvalue weighted by Crippen LogP contribution is 2.21. The van der Waals surface area contributed by atoms with Crippen LogP contribution in [0.15, 0.2) is 71.6 Å². The van der Waals surface area contributed by atoms with Crippen molar-refractivity contribution in [3.05, 3.63) is 72.5 Å². The van der Waals surface area contributed by atoms with Gasteiger partial charge in [0.15, 0.2) is 0 Å². The van der Waals surface area contributed by atoms with Crippen molar-refractivity contribution in [2.24, 2.45) is 0 Å². The Morgan fingerprint density at radius 1 is 0.935 bits per heavy atom. The normalized spacial score (nSPS) is 17.0. The predicted molar refractivity (Wildman–Crippen MR) is 117 cm³/mol. The Morgan fingerprint density at radius 2 is 1.68 bits per heavy atom. The number of halogens is 1. The van der Waals surface area contributed by atoms with Gasteiger partial charge in [-0.05, 0) is 41.1 Å². The first-order valence-electron chi connectivity index (χ1n) is 10.2. The molecule has 0 amide bonds. The molecule has 0 aliphatic carbocycles. The van der Waals surface area contributed by atoms with E-state index in [1.807, 2.05) is 47.4 Å². The minimum absolute atomic E-state index is 0.0373. The molecule has 1 unspecified atom stereocenters. The zero-order valence-corrected chi connectivity index (χ0v) is 17.8. The summed E-state index contributed by atoms with van der Waals surface area (Å²) in [6.07, 6.45) is -0.696. The first-order chi connectivity index (χ1) is 14.9. The second-order valence-electron chi connectivity index (χ2n) is 7.64. The van der Waals surface area contributed by atoms with Gasteiger partial charge in [-0.2, -0.15) is 4.31 Å². The van der Waals surface area contributed by atoms with E-state index in [0.29, 0.717) is 25.4 Å². The maximum absolute atomic E-state index is 13.4. The third-order valence-corrected chi connectivity index (χ3v) is 7.29. The average molecular weight is 445 g/mol. The molecule has 0 radical (unpaired) electrons. The largest absolute Gasteiger partial charge is 0.491 e. The molecular weight excluding hydrogens is 419 g/mol. The van der Waals surface area contributed by atoms with Crippen molar-refractivity contribution >= 4 is 20.8 Å². The fourth-order valence-corrected chi connectivity index (χ4v) is 5.18. The van der Waals surface area contributed by atoms with Gasteiger partial charge in [0.2, 0.25) is 10.0 Å². The smallest absolute Gasteiger partial charge is 0.243 e. The number of aliphatic hydroxyl groups excluding tert-OH is 1. The number of fused-ring (bicyclic) bond motifs is 1. The molecule has 6 nitrogen and oxygen atoms in total. The Balaban J connectivity index is 1.27. The van der Waals surface area contributed by atoms with Crippen LogP contribution in [0, 0.1) is 5.82 Å². The van der Waals surface area contributed by atoms with Crippen LogP contribution in [0.4, 0.5) is 4.39 Å². The van der Waals surface area contributed by atoms with Crippen molar-refractivity contribution in [2.45, 2.75) is 11.0 Å². The number of sulfonamides is 1. The summed E-state index contributed by atoms with van der Waals surface area (Å²) in [5.74, 6) is 0.123. The van der Waals surface area contributed by atoms with E-state index in [1.165, 1.54) is 22.5 Å². The molecule has 0 bridgehead atoms. The van der Waals surface area contributed by atoms with Crippen LogP contribution in [0.2, 0.25) is 0 Å². The molecule has 4 rings (SSSR count). The van der Waals surface area contributed by atoms with Gasteiger partial charge in [0.1, 0.15) is 24.3 Å². The Hall–Kier alpha value is -2.52. The Labute approximate surface area is 181 Å². The molecule has 1 saturated heterocycles. The summed E-state index contributed by atoms with van der Waals surface area (Å²) >= 11 is 0. The Morgan fingerprint density at radius 3 is 2.42 bits per heavy atom. The number of nitrogens with zero attached hydrogens (tertiary/aromatic N) is 2. The van der Waals surface area contributed by atoms with Gasteiger partial charge in [-0.3, -0.25) is 4.90 Å². The van der Waals surface area contributed by atoms with Crippen LogP contribution in [0.5, 0.6) is 5.75 Å². The van der Waals surface area contributed by atoms with Crippen LogP contribution in [-0.4, -0.2) is 68.2 Å². The fraction of sp³-hybridized carbons (Fsp3) is 0.304. The van der Waals surface area contributed by atoms with Gasteiger partial charge in [0.25, 0.3) is 0 Å². The van der Waals surface area contributed by atoms with Crippen LogP contribution in [0.1, 0.15) is 0 Å². The quantitative estimate of drug-likeness (QED) is 0.607. The molecule has 1 heterocycles. The van der Waals surface area contributed by atoms with E-state index in [4.69, 9.17) is 4.74 Å². The van der Waals surface area contributed by atoms with E-state index in [9.17, 15) is 17.9 Å². The van der Waals surface area contributed by atoms with Gasteiger partial charge in [-0.15, -0.1) is 0 Å². The van der Waals surface area contributed by atoms with Gasteiger partial charge in [-0.25, -0.2) is 12.8 Å². The molecule has 0 spiro atoms. The lowest BCUT2D eigenvalue weighted by molar-refractivity contribution is 0.0569. The van der Waals surface area contributed by atoms with Gasteiger partial charge in [0, 0.05) is 32.7 Å². The third-order valence-electron chi connectivity index (χ3n) is 5.40. The zero-order valence-electron chi connectivity index (χ0n) is 17.0. The van der Waals surface area contributed by atoms with Gasteiger partial charge in [-0.1, -0.05) is 36.4 Å². The van der Waals surface area contributed by atoms with Crippen molar-refractivity contribution in [3.63, 3.8) is 0 Å². The number of β-amino-alcohol motifs (C(OH)–C–C–N with tert-alkyl or cyclic N) is 1. The maximum atomic E-state index is 13.4. The number of aliphatic hydroxyl groups is 1. The summed E-state index contributed by atoms with van der Waals surface area (Å²) in [6.45, 7) is 2.10. The van der Waals surface area contributed by atoms with E-state index in [1.54, 1.807) is 0 Å². The number of benzene rings is 3. The molecule has 164 valence electrons. The number of hydrogen-bond acceptors (Lipinski definition) is 5. The predicted octanol–water partition coefficient (Wildman–Crippen LogP) is 2.73. The average Bonchev–Trinajstić information content (AvgIpc) is 2.78. The molecule has 0 aromatic heterocycles. The molecule has 1 N–H and O–H groups in total. The van der Waals surface area contributed by atoms with Crippen molar-refractivity contribution < 1.29 is 22.7 Å². The lowest BCUT2D eigenvalue weighted by Gasteiger charge is -2.34. The summed E-state index contributed by atoms with van der Waals surface area (Å²) in [4.78, 5) is 1.97. The molecule has 1 aliphatic rings. The monoisotopic (exact) mass is 444 g/mol. The third kappa shape index (κ3) is 5.22. The molecule has 1 atom stereocenters. The van der Waals surface area contributed by atoms with Gasteiger partial charge in [0.05, 0.1) is 4.90 Å². The number of piperazine rings is 1. The molecule has 1 aliphatic heterocycles. The van der Waals surface area contributed by atoms with Crippen LogP contribution < -0.4 is 4.74 Å². The molecule has 3 aromatic rings. The SMILES string of the molecule is O=S(=O)(c1cccc(F)c1)N1CCN(CC(O)COc2ccc3ccccc3c2)CC1. The summed E-state index contributed by atoms with van der Waals surface area (Å²) in [5.41, 5.74) is 0. The summed E-state index contributed by atoms with van der Waals surface area (Å²) in [5, 5.41) is 12.6. The van der Waals surface area contributed by atoms with Gasteiger partial charge >= 0.3 is 0 Å².